The highest BCUT2D eigenvalue weighted by molar-refractivity contribution is 14.0. The van der Waals surface area contributed by atoms with Gasteiger partial charge >= 0.3 is 0 Å². The van der Waals surface area contributed by atoms with Crippen molar-refractivity contribution in [3.8, 4) is 11.5 Å². The Kier molecular flexibility index (Phi) is 9.90. The van der Waals surface area contributed by atoms with Crippen molar-refractivity contribution in [2.24, 2.45) is 4.99 Å². The molecule has 1 atom stereocenters. The molecule has 24 heavy (non-hydrogen) atoms. The van der Waals surface area contributed by atoms with Gasteiger partial charge in [-0.05, 0) is 31.9 Å². The van der Waals surface area contributed by atoms with Crippen molar-refractivity contribution in [2.45, 2.75) is 51.2 Å². The van der Waals surface area contributed by atoms with Crippen LogP contribution >= 0.6 is 24.0 Å². The van der Waals surface area contributed by atoms with Crippen molar-refractivity contribution in [1.29, 1.82) is 0 Å². The van der Waals surface area contributed by atoms with E-state index in [4.69, 9.17) is 9.47 Å². The third-order valence-corrected chi connectivity index (χ3v) is 4.11. The number of hydrogen-bond acceptors (Lipinski definition) is 3. The number of nitrogens with one attached hydrogen (secondary N) is 2. The SMILES string of the molecule is CN=C(NCC(C)Oc1cccc(OC)c1)NC1CCCCC1.I. The molecule has 0 radical (unpaired) electrons. The van der Waals surface area contributed by atoms with Crippen LogP contribution in [-0.2, 0) is 0 Å². The highest BCUT2D eigenvalue weighted by atomic mass is 127. The van der Waals surface area contributed by atoms with Crippen molar-refractivity contribution in [3.63, 3.8) is 0 Å². The molecular formula is C18H30IN3O2. The second-order valence-corrected chi connectivity index (χ2v) is 6.04. The van der Waals surface area contributed by atoms with Crippen molar-refractivity contribution in [3.05, 3.63) is 24.3 Å². The number of nitrogens with zero attached hydrogens (tertiary/aromatic N) is 1. The van der Waals surface area contributed by atoms with E-state index in [1.165, 1.54) is 32.1 Å². The molecule has 1 aliphatic rings. The average Bonchev–Trinajstić information content (AvgIpc) is 2.59. The summed E-state index contributed by atoms with van der Waals surface area (Å²) in [5.41, 5.74) is 0. The molecule has 0 heterocycles. The molecule has 5 nitrogen and oxygen atoms in total. The van der Waals surface area contributed by atoms with E-state index in [-0.39, 0.29) is 30.1 Å². The Hall–Kier alpha value is -1.18. The molecule has 2 rings (SSSR count). The maximum atomic E-state index is 5.92. The predicted octanol–water partition coefficient (Wildman–Crippen LogP) is 3.58. The quantitative estimate of drug-likeness (QED) is 0.398. The molecular weight excluding hydrogens is 417 g/mol. The molecule has 1 saturated carbocycles. The molecule has 0 bridgehead atoms. The van der Waals surface area contributed by atoms with Gasteiger partial charge in [-0.25, -0.2) is 0 Å². The molecule has 0 saturated heterocycles. The lowest BCUT2D eigenvalue weighted by molar-refractivity contribution is 0.222. The molecule has 136 valence electrons. The molecule has 1 unspecified atom stereocenters. The number of rotatable bonds is 6. The number of halogens is 1. The van der Waals surface area contributed by atoms with Crippen LogP contribution in [0.2, 0.25) is 0 Å². The molecule has 1 fully saturated rings. The van der Waals surface area contributed by atoms with Crippen LogP contribution in [0.15, 0.2) is 29.3 Å². The Morgan fingerprint density at radius 2 is 1.96 bits per heavy atom. The first kappa shape index (κ1) is 20.9. The number of hydrogen-bond donors (Lipinski definition) is 2. The predicted molar refractivity (Wildman–Crippen MR) is 110 cm³/mol. The van der Waals surface area contributed by atoms with Crippen molar-refractivity contribution in [2.75, 3.05) is 20.7 Å². The molecule has 0 aromatic heterocycles. The van der Waals surface area contributed by atoms with Gasteiger partial charge in [0.15, 0.2) is 5.96 Å². The fourth-order valence-electron chi connectivity index (χ4n) is 2.82. The highest BCUT2D eigenvalue weighted by Crippen LogP contribution is 2.20. The lowest BCUT2D eigenvalue weighted by atomic mass is 9.96. The average molecular weight is 447 g/mol. The van der Waals surface area contributed by atoms with E-state index >= 15 is 0 Å². The van der Waals surface area contributed by atoms with Crippen molar-refractivity contribution < 1.29 is 9.47 Å². The lowest BCUT2D eigenvalue weighted by Gasteiger charge is -2.25. The topological polar surface area (TPSA) is 54.9 Å². The van der Waals surface area contributed by atoms with Crippen LogP contribution in [-0.4, -0.2) is 38.8 Å². The van der Waals surface area contributed by atoms with E-state index in [9.17, 15) is 0 Å². The van der Waals surface area contributed by atoms with Crippen LogP contribution in [0.25, 0.3) is 0 Å². The lowest BCUT2D eigenvalue weighted by Crippen LogP contribution is -2.46. The van der Waals surface area contributed by atoms with Gasteiger partial charge < -0.3 is 20.1 Å². The highest BCUT2D eigenvalue weighted by Gasteiger charge is 2.15. The largest absolute Gasteiger partial charge is 0.497 e. The Balaban J connectivity index is 0.00000288. The summed E-state index contributed by atoms with van der Waals surface area (Å²) in [5, 5.41) is 6.85. The molecule has 6 heteroatoms. The number of ether oxygens (including phenoxy) is 2. The van der Waals surface area contributed by atoms with E-state index < -0.39 is 0 Å². The Morgan fingerprint density at radius 1 is 1.25 bits per heavy atom. The van der Waals surface area contributed by atoms with E-state index in [1.54, 1.807) is 7.11 Å². The van der Waals surface area contributed by atoms with Gasteiger partial charge in [-0.2, -0.15) is 0 Å². The summed E-state index contributed by atoms with van der Waals surface area (Å²) >= 11 is 0. The Morgan fingerprint density at radius 3 is 2.62 bits per heavy atom. The van der Waals surface area contributed by atoms with Crippen molar-refractivity contribution >= 4 is 29.9 Å². The van der Waals surface area contributed by atoms with Crippen LogP contribution in [0.5, 0.6) is 11.5 Å². The first-order chi connectivity index (χ1) is 11.2. The van der Waals surface area contributed by atoms with Gasteiger partial charge in [0.2, 0.25) is 0 Å². The van der Waals surface area contributed by atoms with Gasteiger partial charge in [-0.15, -0.1) is 24.0 Å². The molecule has 0 amide bonds. The Labute approximate surface area is 162 Å². The summed E-state index contributed by atoms with van der Waals surface area (Å²) in [5.74, 6) is 2.48. The number of guanidine groups is 1. The molecule has 2 N–H and O–H groups in total. The maximum Gasteiger partial charge on any atom is 0.191 e. The normalized spacial score (nSPS) is 16.7. The fourth-order valence-corrected chi connectivity index (χ4v) is 2.82. The number of methoxy groups -OCH3 is 1. The molecule has 1 aromatic carbocycles. The third kappa shape index (κ3) is 7.15. The van der Waals surface area contributed by atoms with Crippen LogP contribution in [0, 0.1) is 0 Å². The van der Waals surface area contributed by atoms with Gasteiger partial charge in [-0.3, -0.25) is 4.99 Å². The third-order valence-electron chi connectivity index (χ3n) is 4.11. The zero-order valence-corrected chi connectivity index (χ0v) is 17.2. The smallest absolute Gasteiger partial charge is 0.191 e. The summed E-state index contributed by atoms with van der Waals surface area (Å²) in [6.45, 7) is 2.74. The van der Waals surface area contributed by atoms with Gasteiger partial charge in [0.25, 0.3) is 0 Å². The number of aliphatic imine (C=N–C) groups is 1. The van der Waals surface area contributed by atoms with Crippen LogP contribution in [0.1, 0.15) is 39.0 Å². The summed E-state index contributed by atoms with van der Waals surface area (Å²) in [7, 11) is 3.47. The van der Waals surface area contributed by atoms with Crippen LogP contribution in [0.3, 0.4) is 0 Å². The van der Waals surface area contributed by atoms with Gasteiger partial charge in [-0.1, -0.05) is 25.3 Å². The first-order valence-electron chi connectivity index (χ1n) is 8.49. The van der Waals surface area contributed by atoms with E-state index in [1.807, 2.05) is 38.2 Å². The van der Waals surface area contributed by atoms with Gasteiger partial charge in [0.05, 0.1) is 13.7 Å². The summed E-state index contributed by atoms with van der Waals surface area (Å²) in [6, 6.07) is 8.22. The van der Waals surface area contributed by atoms with E-state index in [0.717, 1.165) is 17.5 Å². The van der Waals surface area contributed by atoms with Gasteiger partial charge in [0.1, 0.15) is 17.6 Å². The monoisotopic (exact) mass is 447 g/mol. The Bertz CT molecular complexity index is 505. The maximum absolute atomic E-state index is 5.92. The second-order valence-electron chi connectivity index (χ2n) is 6.04. The van der Waals surface area contributed by atoms with Crippen LogP contribution < -0.4 is 20.1 Å². The zero-order chi connectivity index (χ0) is 16.5. The molecule has 0 spiro atoms. The minimum atomic E-state index is 0. The molecule has 0 aliphatic heterocycles. The summed E-state index contributed by atoms with van der Waals surface area (Å²) in [6.07, 6.45) is 6.48. The second kappa shape index (κ2) is 11.4. The first-order valence-corrected chi connectivity index (χ1v) is 8.49. The molecule has 1 aromatic rings. The van der Waals surface area contributed by atoms with Gasteiger partial charge in [0, 0.05) is 19.2 Å². The standard InChI is InChI=1S/C18H29N3O2.HI/c1-14(23-17-11-7-10-16(12-17)22-3)13-20-18(19-2)21-15-8-5-4-6-9-15;/h7,10-12,14-15H,4-6,8-9,13H2,1-3H3,(H2,19,20,21);1H. The molecule has 1 aliphatic carbocycles. The van der Waals surface area contributed by atoms with E-state index in [2.05, 4.69) is 15.6 Å². The fraction of sp³-hybridized carbons (Fsp3) is 0.611. The number of benzene rings is 1. The summed E-state index contributed by atoms with van der Waals surface area (Å²) < 4.78 is 11.1. The zero-order valence-electron chi connectivity index (χ0n) is 14.9. The van der Waals surface area contributed by atoms with Crippen molar-refractivity contribution in [1.82, 2.24) is 10.6 Å². The summed E-state index contributed by atoms with van der Waals surface area (Å²) in [4.78, 5) is 4.31. The van der Waals surface area contributed by atoms with Crippen LogP contribution in [0.4, 0.5) is 0 Å². The van der Waals surface area contributed by atoms with E-state index in [0.29, 0.717) is 12.6 Å². The minimum Gasteiger partial charge on any atom is -0.497 e. The minimum absolute atomic E-state index is 0.